The van der Waals surface area contributed by atoms with Gasteiger partial charge in [-0.2, -0.15) is 5.10 Å². The quantitative estimate of drug-likeness (QED) is 0.670. The third-order valence-electron chi connectivity index (χ3n) is 5.74. The van der Waals surface area contributed by atoms with Crippen molar-refractivity contribution in [1.82, 2.24) is 30.6 Å². The fourth-order valence-electron chi connectivity index (χ4n) is 4.11. The predicted molar refractivity (Wildman–Crippen MR) is 113 cm³/mol. The van der Waals surface area contributed by atoms with Crippen LogP contribution in [-0.2, 0) is 6.42 Å². The summed E-state index contributed by atoms with van der Waals surface area (Å²) in [4.78, 5) is 26.8. The summed E-state index contributed by atoms with van der Waals surface area (Å²) in [6, 6.07) is 11.8. The highest BCUT2D eigenvalue weighted by atomic mass is 19.1. The predicted octanol–water partition coefficient (Wildman–Crippen LogP) is 1.62. The largest absolute Gasteiger partial charge is 0.331 e. The molecule has 2 N–H and O–H groups in total. The van der Waals surface area contributed by atoms with Crippen LogP contribution in [0.15, 0.2) is 59.2 Å². The van der Waals surface area contributed by atoms with Crippen LogP contribution in [0.2, 0.25) is 0 Å². The van der Waals surface area contributed by atoms with Crippen LogP contribution in [0, 0.1) is 5.82 Å². The molecule has 2 aliphatic rings. The molecule has 1 saturated heterocycles. The lowest BCUT2D eigenvalue weighted by Crippen LogP contribution is -2.51. The van der Waals surface area contributed by atoms with Gasteiger partial charge in [-0.25, -0.2) is 9.49 Å². The third-order valence-corrected chi connectivity index (χ3v) is 5.74. The molecule has 3 heterocycles. The number of aromatic amines is 1. The van der Waals surface area contributed by atoms with Crippen molar-refractivity contribution in [1.29, 1.82) is 0 Å². The van der Waals surface area contributed by atoms with E-state index in [9.17, 15) is 14.0 Å². The number of carbonyl (C=O) groups is 1. The molecular weight excluding hydrogens is 399 g/mol. The molecule has 2 aromatic carbocycles. The maximum Gasteiger partial charge on any atom is 0.272 e. The number of amides is 1. The van der Waals surface area contributed by atoms with Crippen molar-refractivity contribution in [2.45, 2.75) is 6.42 Å². The van der Waals surface area contributed by atoms with Gasteiger partial charge in [0.05, 0.1) is 35.4 Å². The van der Waals surface area contributed by atoms with Crippen molar-refractivity contribution in [2.24, 2.45) is 0 Å². The van der Waals surface area contributed by atoms with Crippen LogP contribution in [0.1, 0.15) is 21.6 Å². The van der Waals surface area contributed by atoms with Crippen LogP contribution in [0.4, 0.5) is 4.39 Å². The molecule has 8 nitrogen and oxygen atoms in total. The minimum absolute atomic E-state index is 0.0413. The van der Waals surface area contributed by atoms with Crippen LogP contribution in [0.3, 0.4) is 0 Å². The molecule has 31 heavy (non-hydrogen) atoms. The van der Waals surface area contributed by atoms with Gasteiger partial charge in [0.15, 0.2) is 0 Å². The third kappa shape index (κ3) is 3.42. The SMILES string of the molecule is CN1NC=C2CN(C(=O)c3cc(Cc4n[nH]c(=O)c5ccccc45)ccc3F)CCN21. The minimum Gasteiger partial charge on any atom is -0.331 e. The van der Waals surface area contributed by atoms with Gasteiger partial charge in [0.25, 0.3) is 11.5 Å². The number of H-pyrrole nitrogens is 1. The van der Waals surface area contributed by atoms with E-state index < -0.39 is 5.82 Å². The number of nitrogens with one attached hydrogen (secondary N) is 2. The zero-order valence-electron chi connectivity index (χ0n) is 16.9. The number of fused-ring (bicyclic) bond motifs is 2. The lowest BCUT2D eigenvalue weighted by atomic mass is 10.0. The summed E-state index contributed by atoms with van der Waals surface area (Å²) in [5, 5.41) is 11.9. The van der Waals surface area contributed by atoms with E-state index in [1.54, 1.807) is 29.2 Å². The van der Waals surface area contributed by atoms with E-state index in [0.29, 0.717) is 37.1 Å². The molecular formula is C22H21FN6O2. The molecule has 3 aromatic rings. The molecule has 0 atom stereocenters. The number of hydrogen-bond acceptors (Lipinski definition) is 6. The van der Waals surface area contributed by atoms with E-state index in [0.717, 1.165) is 16.6 Å². The van der Waals surface area contributed by atoms with Crippen molar-refractivity contribution in [2.75, 3.05) is 26.7 Å². The average molecular weight is 420 g/mol. The summed E-state index contributed by atoms with van der Waals surface area (Å²) < 4.78 is 14.6. The summed E-state index contributed by atoms with van der Waals surface area (Å²) >= 11 is 0. The Hall–Kier alpha value is -3.72. The number of aromatic nitrogens is 2. The monoisotopic (exact) mass is 420 g/mol. The Morgan fingerprint density at radius 3 is 2.81 bits per heavy atom. The van der Waals surface area contributed by atoms with Gasteiger partial charge in [0, 0.05) is 31.6 Å². The molecule has 0 bridgehead atoms. The van der Waals surface area contributed by atoms with Crippen LogP contribution >= 0.6 is 0 Å². The van der Waals surface area contributed by atoms with Gasteiger partial charge < -0.3 is 10.3 Å². The second-order valence-electron chi connectivity index (χ2n) is 7.67. The molecule has 2 aliphatic heterocycles. The van der Waals surface area contributed by atoms with Gasteiger partial charge in [0.2, 0.25) is 0 Å². The minimum atomic E-state index is -0.550. The summed E-state index contributed by atoms with van der Waals surface area (Å²) in [6.45, 7) is 1.54. The smallest absolute Gasteiger partial charge is 0.272 e. The van der Waals surface area contributed by atoms with E-state index in [4.69, 9.17) is 0 Å². The highest BCUT2D eigenvalue weighted by molar-refractivity contribution is 5.95. The Balaban J connectivity index is 1.42. The summed E-state index contributed by atoms with van der Waals surface area (Å²) in [5.74, 6) is -0.889. The standard InChI is InChI=1S/C22H21FN6O2/c1-27-24-12-15-13-28(8-9-29(15)27)22(31)18-10-14(6-7-19(18)23)11-20-16-4-2-3-5-17(16)21(30)26-25-20/h2-7,10,12,24H,8-9,11,13H2,1H3,(H,26,30). The molecule has 0 aliphatic carbocycles. The fraction of sp³-hybridized carbons (Fsp3) is 0.227. The zero-order chi connectivity index (χ0) is 21.5. The molecule has 0 unspecified atom stereocenters. The summed E-state index contributed by atoms with van der Waals surface area (Å²) in [6.07, 6.45) is 2.21. The van der Waals surface area contributed by atoms with Crippen LogP contribution in [0.5, 0.6) is 0 Å². The first-order valence-electron chi connectivity index (χ1n) is 10.0. The number of benzene rings is 2. The molecule has 9 heteroatoms. The molecule has 1 aromatic heterocycles. The van der Waals surface area contributed by atoms with Gasteiger partial charge in [-0.3, -0.25) is 14.6 Å². The summed E-state index contributed by atoms with van der Waals surface area (Å²) in [5.41, 5.74) is 5.24. The Morgan fingerprint density at radius 1 is 1.16 bits per heavy atom. The Morgan fingerprint density at radius 2 is 1.97 bits per heavy atom. The Labute approximate surface area is 177 Å². The normalized spacial score (nSPS) is 16.3. The number of halogens is 1. The van der Waals surface area contributed by atoms with E-state index in [1.165, 1.54) is 6.07 Å². The van der Waals surface area contributed by atoms with E-state index in [-0.39, 0.29) is 17.0 Å². The van der Waals surface area contributed by atoms with Gasteiger partial charge in [-0.1, -0.05) is 24.3 Å². The van der Waals surface area contributed by atoms with Gasteiger partial charge in [0.1, 0.15) is 5.82 Å². The van der Waals surface area contributed by atoms with E-state index in [2.05, 4.69) is 15.6 Å². The first kappa shape index (κ1) is 19.3. The molecule has 1 fully saturated rings. The Bertz CT molecular complexity index is 1270. The second-order valence-corrected chi connectivity index (χ2v) is 7.67. The van der Waals surface area contributed by atoms with Gasteiger partial charge in [-0.15, -0.1) is 5.12 Å². The van der Waals surface area contributed by atoms with Gasteiger partial charge >= 0.3 is 0 Å². The topological polar surface area (TPSA) is 84.6 Å². The average Bonchev–Trinajstić information content (AvgIpc) is 3.17. The number of carbonyl (C=O) groups excluding carboxylic acids is 1. The number of rotatable bonds is 3. The van der Waals surface area contributed by atoms with Crippen LogP contribution in [0.25, 0.3) is 10.8 Å². The van der Waals surface area contributed by atoms with Crippen molar-refractivity contribution < 1.29 is 9.18 Å². The van der Waals surface area contributed by atoms with Gasteiger partial charge in [-0.05, 0) is 23.8 Å². The van der Waals surface area contributed by atoms with Crippen molar-refractivity contribution in [3.8, 4) is 0 Å². The number of nitrogens with zero attached hydrogens (tertiary/aromatic N) is 4. The molecule has 158 valence electrons. The van der Waals surface area contributed by atoms with Crippen molar-refractivity contribution in [3.05, 3.63) is 87.4 Å². The zero-order valence-corrected chi connectivity index (χ0v) is 16.9. The van der Waals surface area contributed by atoms with Crippen LogP contribution < -0.4 is 11.0 Å². The highest BCUT2D eigenvalue weighted by Crippen LogP contribution is 2.22. The molecule has 0 radical (unpaired) electrons. The highest BCUT2D eigenvalue weighted by Gasteiger charge is 2.31. The lowest BCUT2D eigenvalue weighted by molar-refractivity contribution is -0.00309. The summed E-state index contributed by atoms with van der Waals surface area (Å²) in [7, 11) is 1.90. The number of hydrogen-bond donors (Lipinski definition) is 2. The first-order valence-corrected chi connectivity index (χ1v) is 10.0. The maximum atomic E-state index is 14.6. The maximum absolute atomic E-state index is 14.6. The first-order chi connectivity index (χ1) is 15.0. The van der Waals surface area contributed by atoms with E-state index in [1.807, 2.05) is 35.5 Å². The van der Waals surface area contributed by atoms with Crippen LogP contribution in [-0.4, -0.2) is 57.8 Å². The molecule has 0 saturated carbocycles. The second kappa shape index (κ2) is 7.51. The lowest BCUT2D eigenvalue weighted by Gasteiger charge is -2.37. The van der Waals surface area contributed by atoms with E-state index >= 15 is 0 Å². The molecule has 5 rings (SSSR count). The molecule has 0 spiro atoms. The van der Waals surface area contributed by atoms with Crippen molar-refractivity contribution in [3.63, 3.8) is 0 Å². The fourth-order valence-corrected chi connectivity index (χ4v) is 4.11. The number of hydrazine groups is 2. The molecule has 1 amide bonds. The number of piperazine rings is 1. The van der Waals surface area contributed by atoms with Crippen molar-refractivity contribution >= 4 is 16.7 Å². The Kier molecular flexibility index (Phi) is 4.67.